The SMILES string of the molecule is CCNc1cc(OC2OC(COC(=O)c3cc(OC)c(O)c(OCCc4ccccc4)c3O)C(O)C(O)C2O)c(OCNC(N)=NC)cc1C(=O)O. The quantitative estimate of drug-likeness (QED) is 0.0426. The number of nitrogens with two attached hydrogens (primary N) is 1. The van der Waals surface area contributed by atoms with E-state index in [4.69, 9.17) is 34.2 Å². The number of esters is 1. The lowest BCUT2D eigenvalue weighted by atomic mass is 9.99. The Labute approximate surface area is 297 Å². The molecule has 282 valence electrons. The monoisotopic (exact) mass is 730 g/mol. The molecular weight excluding hydrogens is 688 g/mol. The number of carbonyl (C=O) groups is 2. The third-order valence-corrected chi connectivity index (χ3v) is 7.81. The molecule has 0 spiro atoms. The number of ether oxygens (including phenoxy) is 6. The summed E-state index contributed by atoms with van der Waals surface area (Å²) in [5.74, 6) is -4.60. The number of benzene rings is 3. The van der Waals surface area contributed by atoms with E-state index in [2.05, 4.69) is 15.6 Å². The van der Waals surface area contributed by atoms with Crippen molar-refractivity contribution < 1.29 is 68.6 Å². The number of phenolic OH excluding ortho intramolecular Hbond substituents is 2. The summed E-state index contributed by atoms with van der Waals surface area (Å²) in [6.07, 6.45) is -8.29. The molecule has 52 heavy (non-hydrogen) atoms. The molecule has 1 saturated heterocycles. The second-order valence-electron chi connectivity index (χ2n) is 11.2. The first-order chi connectivity index (χ1) is 24.9. The van der Waals surface area contributed by atoms with Gasteiger partial charge in [0.25, 0.3) is 0 Å². The van der Waals surface area contributed by atoms with Crippen LogP contribution in [0, 0.1) is 0 Å². The second kappa shape index (κ2) is 18.0. The van der Waals surface area contributed by atoms with E-state index in [1.165, 1.54) is 20.2 Å². The largest absolute Gasteiger partial charge is 0.504 e. The summed E-state index contributed by atoms with van der Waals surface area (Å²) in [4.78, 5) is 28.9. The van der Waals surface area contributed by atoms with Crippen LogP contribution in [0.1, 0.15) is 33.2 Å². The zero-order chi connectivity index (χ0) is 37.9. The topological polar surface area (TPSA) is 273 Å². The zero-order valence-corrected chi connectivity index (χ0v) is 28.5. The van der Waals surface area contributed by atoms with Gasteiger partial charge in [-0.2, -0.15) is 0 Å². The predicted molar refractivity (Wildman–Crippen MR) is 183 cm³/mol. The molecule has 0 bridgehead atoms. The van der Waals surface area contributed by atoms with E-state index in [1.807, 2.05) is 30.3 Å². The standard InChI is InChI=1S/C34H42N4O14/c1-4-37-20-14-22(21(12-18(20)31(44)45)50-16-38-34(35)36-2)51-33-29(43)28(42)26(40)24(52-33)15-49-32(46)19-13-23(47-3)27(41)30(25(19)39)48-11-10-17-8-6-5-7-9-17/h5-9,12-14,24,26,28-29,33,37,39-43H,4,10-11,15-16H2,1-3H3,(H,44,45)(H3,35,36,38). The maximum atomic E-state index is 13.2. The normalized spacial score (nSPS) is 20.0. The fourth-order valence-electron chi connectivity index (χ4n) is 5.04. The van der Waals surface area contributed by atoms with E-state index in [1.54, 1.807) is 6.92 Å². The van der Waals surface area contributed by atoms with E-state index < -0.39 is 72.1 Å². The van der Waals surface area contributed by atoms with E-state index in [0.29, 0.717) is 13.0 Å². The number of aliphatic hydroxyl groups excluding tert-OH is 3. The van der Waals surface area contributed by atoms with Gasteiger partial charge in [0.05, 0.1) is 25.0 Å². The lowest BCUT2D eigenvalue weighted by Crippen LogP contribution is -2.60. The van der Waals surface area contributed by atoms with E-state index in [0.717, 1.165) is 17.7 Å². The Morgan fingerprint density at radius 2 is 1.65 bits per heavy atom. The first-order valence-corrected chi connectivity index (χ1v) is 16.0. The highest BCUT2D eigenvalue weighted by atomic mass is 16.7. The van der Waals surface area contributed by atoms with Gasteiger partial charge in [-0.1, -0.05) is 30.3 Å². The smallest absolute Gasteiger partial charge is 0.342 e. The Bertz CT molecular complexity index is 1720. The minimum atomic E-state index is -1.87. The van der Waals surface area contributed by atoms with Crippen molar-refractivity contribution >= 4 is 23.6 Å². The van der Waals surface area contributed by atoms with Crippen molar-refractivity contribution in [2.45, 2.75) is 44.1 Å². The molecule has 5 atom stereocenters. The minimum Gasteiger partial charge on any atom is -0.504 e. The second-order valence-corrected chi connectivity index (χ2v) is 11.2. The highest BCUT2D eigenvalue weighted by Gasteiger charge is 2.46. The van der Waals surface area contributed by atoms with Gasteiger partial charge in [-0.15, -0.1) is 0 Å². The van der Waals surface area contributed by atoms with E-state index in [-0.39, 0.29) is 47.8 Å². The number of rotatable bonds is 16. The molecular formula is C34H42N4O14. The van der Waals surface area contributed by atoms with Gasteiger partial charge in [-0.3, -0.25) is 4.99 Å². The van der Waals surface area contributed by atoms with Crippen molar-refractivity contribution in [2.24, 2.45) is 10.7 Å². The Morgan fingerprint density at radius 3 is 2.31 bits per heavy atom. The lowest BCUT2D eigenvalue weighted by Gasteiger charge is -2.40. The molecule has 0 radical (unpaired) electrons. The number of carbonyl (C=O) groups excluding carboxylic acids is 1. The van der Waals surface area contributed by atoms with Gasteiger partial charge in [-0.25, -0.2) is 9.59 Å². The third kappa shape index (κ3) is 9.34. The number of aromatic carboxylic acids is 1. The van der Waals surface area contributed by atoms with Crippen molar-refractivity contribution in [3.05, 3.63) is 65.2 Å². The molecule has 0 aromatic heterocycles. The summed E-state index contributed by atoms with van der Waals surface area (Å²) >= 11 is 0. The summed E-state index contributed by atoms with van der Waals surface area (Å²) in [6, 6.07) is 12.7. The molecule has 3 aromatic carbocycles. The predicted octanol–water partition coefficient (Wildman–Crippen LogP) is 0.772. The molecule has 1 fully saturated rings. The fourth-order valence-corrected chi connectivity index (χ4v) is 5.04. The lowest BCUT2D eigenvalue weighted by molar-refractivity contribution is -0.277. The average molecular weight is 731 g/mol. The van der Waals surface area contributed by atoms with Crippen LogP contribution < -0.4 is 35.3 Å². The number of carboxylic acid groups (broad SMARTS) is 1. The summed E-state index contributed by atoms with van der Waals surface area (Å²) < 4.78 is 33.3. The number of nitrogens with zero attached hydrogens (tertiary/aromatic N) is 1. The van der Waals surface area contributed by atoms with E-state index in [9.17, 15) is 40.2 Å². The van der Waals surface area contributed by atoms with Crippen LogP contribution in [0.2, 0.25) is 0 Å². The summed E-state index contributed by atoms with van der Waals surface area (Å²) in [6.45, 7) is 1.09. The number of methoxy groups -OCH3 is 1. The zero-order valence-electron chi connectivity index (χ0n) is 28.5. The van der Waals surface area contributed by atoms with Crippen LogP contribution in [-0.2, 0) is 15.9 Å². The number of guanidine groups is 1. The molecule has 18 nitrogen and oxygen atoms in total. The van der Waals surface area contributed by atoms with Crippen LogP contribution in [0.15, 0.2) is 53.5 Å². The first-order valence-electron chi connectivity index (χ1n) is 16.0. The first kappa shape index (κ1) is 39.1. The highest BCUT2D eigenvalue weighted by molar-refractivity contribution is 5.96. The molecule has 5 unspecified atom stereocenters. The number of hydrogen-bond donors (Lipinski definition) is 9. The maximum Gasteiger partial charge on any atom is 0.342 e. The van der Waals surface area contributed by atoms with Crippen LogP contribution in [-0.4, -0.2) is 120 Å². The number of hydrogen-bond acceptors (Lipinski definition) is 15. The highest BCUT2D eigenvalue weighted by Crippen LogP contribution is 2.46. The minimum absolute atomic E-state index is 0.0237. The third-order valence-electron chi connectivity index (χ3n) is 7.81. The van der Waals surface area contributed by atoms with Crippen LogP contribution >= 0.6 is 0 Å². The summed E-state index contributed by atoms with van der Waals surface area (Å²) in [7, 11) is 2.66. The number of phenols is 2. The van der Waals surface area contributed by atoms with Crippen molar-refractivity contribution in [1.29, 1.82) is 0 Å². The molecule has 1 aliphatic heterocycles. The summed E-state index contributed by atoms with van der Waals surface area (Å²) in [5.41, 5.74) is 6.06. The van der Waals surface area contributed by atoms with Crippen LogP contribution in [0.4, 0.5) is 5.69 Å². The van der Waals surface area contributed by atoms with Crippen LogP contribution in [0.3, 0.4) is 0 Å². The Balaban J connectivity index is 1.53. The van der Waals surface area contributed by atoms with Crippen molar-refractivity contribution in [2.75, 3.05) is 46.0 Å². The Kier molecular flexibility index (Phi) is 13.5. The molecule has 3 aromatic rings. The van der Waals surface area contributed by atoms with Gasteiger partial charge in [0, 0.05) is 38.2 Å². The Morgan fingerprint density at radius 1 is 0.942 bits per heavy atom. The number of anilines is 1. The van der Waals surface area contributed by atoms with Gasteiger partial charge in [0.15, 0.2) is 35.7 Å². The van der Waals surface area contributed by atoms with E-state index >= 15 is 0 Å². The van der Waals surface area contributed by atoms with Gasteiger partial charge in [-0.05, 0) is 12.5 Å². The van der Waals surface area contributed by atoms with Gasteiger partial charge in [0.1, 0.15) is 36.6 Å². The number of aliphatic hydroxyl groups is 3. The summed E-state index contributed by atoms with van der Waals surface area (Å²) in [5, 5.41) is 69.0. The van der Waals surface area contributed by atoms with Crippen LogP contribution in [0.5, 0.6) is 34.5 Å². The van der Waals surface area contributed by atoms with Crippen molar-refractivity contribution in [1.82, 2.24) is 5.32 Å². The molecule has 18 heteroatoms. The molecule has 0 amide bonds. The molecule has 0 aliphatic carbocycles. The fraction of sp³-hybridized carbons (Fsp3) is 0.382. The Hall–Kier alpha value is -5.69. The maximum absolute atomic E-state index is 13.2. The molecule has 1 heterocycles. The molecule has 10 N–H and O–H groups in total. The number of carboxylic acids is 1. The van der Waals surface area contributed by atoms with Gasteiger partial charge < -0.3 is 75.4 Å². The van der Waals surface area contributed by atoms with Crippen molar-refractivity contribution in [3.63, 3.8) is 0 Å². The number of aromatic hydroxyl groups is 2. The van der Waals surface area contributed by atoms with Crippen LogP contribution in [0.25, 0.3) is 0 Å². The molecule has 1 aliphatic rings. The van der Waals surface area contributed by atoms with Crippen molar-refractivity contribution in [3.8, 4) is 34.5 Å². The molecule has 4 rings (SSSR count). The average Bonchev–Trinajstić information content (AvgIpc) is 3.13. The van der Waals surface area contributed by atoms with Gasteiger partial charge in [0.2, 0.25) is 17.8 Å². The molecule has 0 saturated carbocycles. The number of nitrogens with one attached hydrogen (secondary N) is 2. The van der Waals surface area contributed by atoms with Gasteiger partial charge >= 0.3 is 11.9 Å². The number of aliphatic imine (C=N–C) groups is 1.